The second-order valence-corrected chi connectivity index (χ2v) is 7.03. The van der Waals surface area contributed by atoms with E-state index in [9.17, 15) is 8.42 Å². The maximum absolute atomic E-state index is 12.5. The molecule has 0 aromatic heterocycles. The van der Waals surface area contributed by atoms with Gasteiger partial charge in [0.25, 0.3) is 0 Å². The summed E-state index contributed by atoms with van der Waals surface area (Å²) in [6.07, 6.45) is 0. The Kier molecular flexibility index (Phi) is 5.49. The van der Waals surface area contributed by atoms with E-state index in [0.717, 1.165) is 5.56 Å². The molecule has 0 spiro atoms. The first-order valence-corrected chi connectivity index (χ1v) is 7.75. The SMILES string of the molecule is Cc1ccc(S(=O)(=O)N(CC(C)N)CC(C)N)cc1. The average molecular weight is 285 g/mol. The van der Waals surface area contributed by atoms with Crippen LogP contribution in [0.15, 0.2) is 29.2 Å². The zero-order valence-corrected chi connectivity index (χ0v) is 12.5. The molecule has 0 saturated heterocycles. The molecule has 5 nitrogen and oxygen atoms in total. The van der Waals surface area contributed by atoms with E-state index >= 15 is 0 Å². The molecule has 0 saturated carbocycles. The van der Waals surface area contributed by atoms with E-state index in [0.29, 0.717) is 0 Å². The van der Waals surface area contributed by atoms with Gasteiger partial charge >= 0.3 is 0 Å². The van der Waals surface area contributed by atoms with E-state index in [1.54, 1.807) is 38.1 Å². The van der Waals surface area contributed by atoms with Crippen LogP contribution >= 0.6 is 0 Å². The lowest BCUT2D eigenvalue weighted by atomic mass is 10.2. The first kappa shape index (κ1) is 16.1. The summed E-state index contributed by atoms with van der Waals surface area (Å²) in [5.41, 5.74) is 12.5. The van der Waals surface area contributed by atoms with Crippen LogP contribution in [-0.4, -0.2) is 37.9 Å². The Hall–Kier alpha value is -0.950. The summed E-state index contributed by atoms with van der Waals surface area (Å²) >= 11 is 0. The Morgan fingerprint density at radius 1 is 1.05 bits per heavy atom. The van der Waals surface area contributed by atoms with Crippen molar-refractivity contribution < 1.29 is 8.42 Å². The first-order chi connectivity index (χ1) is 8.73. The van der Waals surface area contributed by atoms with E-state index in [1.807, 2.05) is 6.92 Å². The third kappa shape index (κ3) is 4.58. The molecule has 2 unspecified atom stereocenters. The second-order valence-electron chi connectivity index (χ2n) is 5.09. The van der Waals surface area contributed by atoms with Crippen LogP contribution in [-0.2, 0) is 10.0 Å². The summed E-state index contributed by atoms with van der Waals surface area (Å²) in [6.45, 7) is 5.99. The smallest absolute Gasteiger partial charge is 0.243 e. The normalized spacial score (nSPS) is 15.5. The van der Waals surface area contributed by atoms with Gasteiger partial charge in [-0.1, -0.05) is 17.7 Å². The molecule has 6 heteroatoms. The highest BCUT2D eigenvalue weighted by atomic mass is 32.2. The molecule has 108 valence electrons. The molecule has 1 aromatic carbocycles. The number of hydrogen-bond acceptors (Lipinski definition) is 4. The van der Waals surface area contributed by atoms with Crippen LogP contribution in [0, 0.1) is 6.92 Å². The Labute approximate surface area is 115 Å². The number of rotatable bonds is 6. The summed E-state index contributed by atoms with van der Waals surface area (Å²) in [4.78, 5) is 0.277. The van der Waals surface area contributed by atoms with Crippen molar-refractivity contribution in [2.75, 3.05) is 13.1 Å². The highest BCUT2D eigenvalue weighted by Crippen LogP contribution is 2.16. The fraction of sp³-hybridized carbons (Fsp3) is 0.538. The predicted octanol–water partition coefficient (Wildman–Crippen LogP) is 0.680. The van der Waals surface area contributed by atoms with E-state index < -0.39 is 10.0 Å². The monoisotopic (exact) mass is 285 g/mol. The molecule has 0 bridgehead atoms. The molecule has 1 rings (SSSR count). The van der Waals surface area contributed by atoms with Crippen LogP contribution in [0.1, 0.15) is 19.4 Å². The Morgan fingerprint density at radius 3 is 1.84 bits per heavy atom. The van der Waals surface area contributed by atoms with Crippen molar-refractivity contribution in [1.29, 1.82) is 0 Å². The van der Waals surface area contributed by atoms with Gasteiger partial charge in [-0.15, -0.1) is 0 Å². The van der Waals surface area contributed by atoms with E-state index in [2.05, 4.69) is 0 Å². The van der Waals surface area contributed by atoms with Crippen LogP contribution in [0.25, 0.3) is 0 Å². The minimum Gasteiger partial charge on any atom is -0.327 e. The largest absolute Gasteiger partial charge is 0.327 e. The summed E-state index contributed by atoms with van der Waals surface area (Å²) in [6, 6.07) is 6.31. The molecule has 0 aliphatic heterocycles. The minimum absolute atomic E-state index is 0.237. The van der Waals surface area contributed by atoms with E-state index in [4.69, 9.17) is 11.5 Å². The van der Waals surface area contributed by atoms with Crippen LogP contribution < -0.4 is 11.5 Å². The van der Waals surface area contributed by atoms with Gasteiger partial charge in [0.1, 0.15) is 0 Å². The molecular formula is C13H23N3O2S. The van der Waals surface area contributed by atoms with E-state index in [1.165, 1.54) is 4.31 Å². The van der Waals surface area contributed by atoms with Gasteiger partial charge in [0.05, 0.1) is 4.90 Å². The van der Waals surface area contributed by atoms with Crippen LogP contribution in [0.5, 0.6) is 0 Å². The fourth-order valence-electron chi connectivity index (χ4n) is 1.77. The summed E-state index contributed by atoms with van der Waals surface area (Å²) in [7, 11) is -3.53. The fourth-order valence-corrected chi connectivity index (χ4v) is 3.41. The molecule has 19 heavy (non-hydrogen) atoms. The zero-order chi connectivity index (χ0) is 14.6. The number of aryl methyl sites for hydroxylation is 1. The summed E-state index contributed by atoms with van der Waals surface area (Å²) < 4.78 is 26.4. The molecule has 0 heterocycles. The molecular weight excluding hydrogens is 262 g/mol. The molecule has 0 aliphatic rings. The number of nitrogens with zero attached hydrogens (tertiary/aromatic N) is 1. The van der Waals surface area contributed by atoms with Crippen LogP contribution in [0.4, 0.5) is 0 Å². The number of nitrogens with two attached hydrogens (primary N) is 2. The predicted molar refractivity (Wildman–Crippen MR) is 77.2 cm³/mol. The van der Waals surface area contributed by atoms with Gasteiger partial charge in [0, 0.05) is 25.2 Å². The Morgan fingerprint density at radius 2 is 1.47 bits per heavy atom. The lowest BCUT2D eigenvalue weighted by Crippen LogP contribution is -2.44. The average Bonchev–Trinajstić information content (AvgIpc) is 2.27. The van der Waals surface area contributed by atoms with Crippen molar-refractivity contribution in [2.24, 2.45) is 11.5 Å². The maximum Gasteiger partial charge on any atom is 0.243 e. The van der Waals surface area contributed by atoms with Gasteiger partial charge in [0.2, 0.25) is 10.0 Å². The third-order valence-electron chi connectivity index (χ3n) is 2.64. The van der Waals surface area contributed by atoms with Crippen molar-refractivity contribution in [2.45, 2.75) is 37.8 Å². The van der Waals surface area contributed by atoms with Crippen molar-refractivity contribution in [1.82, 2.24) is 4.31 Å². The molecule has 0 fully saturated rings. The van der Waals surface area contributed by atoms with Crippen molar-refractivity contribution in [3.8, 4) is 0 Å². The summed E-state index contributed by atoms with van der Waals surface area (Å²) in [5, 5.41) is 0. The molecule has 4 N–H and O–H groups in total. The quantitative estimate of drug-likeness (QED) is 0.804. The minimum atomic E-state index is -3.53. The van der Waals surface area contributed by atoms with Crippen molar-refractivity contribution in [3.63, 3.8) is 0 Å². The van der Waals surface area contributed by atoms with Gasteiger partial charge in [-0.2, -0.15) is 4.31 Å². The third-order valence-corrected chi connectivity index (χ3v) is 4.49. The van der Waals surface area contributed by atoms with Gasteiger partial charge in [-0.25, -0.2) is 8.42 Å². The summed E-state index contributed by atoms with van der Waals surface area (Å²) in [5.74, 6) is 0. The zero-order valence-electron chi connectivity index (χ0n) is 11.7. The molecule has 0 radical (unpaired) electrons. The van der Waals surface area contributed by atoms with Crippen molar-refractivity contribution >= 4 is 10.0 Å². The molecule has 0 amide bonds. The number of hydrogen-bond donors (Lipinski definition) is 2. The molecule has 0 aliphatic carbocycles. The highest BCUT2D eigenvalue weighted by Gasteiger charge is 2.25. The van der Waals surface area contributed by atoms with Gasteiger partial charge in [-0.3, -0.25) is 0 Å². The van der Waals surface area contributed by atoms with Gasteiger partial charge in [-0.05, 0) is 32.9 Å². The topological polar surface area (TPSA) is 89.4 Å². The molecule has 2 atom stereocenters. The number of benzene rings is 1. The Bertz CT molecular complexity index is 485. The standard InChI is InChI=1S/C13H23N3O2S/c1-10-4-6-13(7-5-10)19(17,18)16(8-11(2)14)9-12(3)15/h4-7,11-12H,8-9,14-15H2,1-3H3. The van der Waals surface area contributed by atoms with Gasteiger partial charge in [0.15, 0.2) is 0 Å². The first-order valence-electron chi connectivity index (χ1n) is 6.31. The van der Waals surface area contributed by atoms with Gasteiger partial charge < -0.3 is 11.5 Å². The second kappa shape index (κ2) is 6.47. The highest BCUT2D eigenvalue weighted by molar-refractivity contribution is 7.89. The van der Waals surface area contributed by atoms with Crippen molar-refractivity contribution in [3.05, 3.63) is 29.8 Å². The van der Waals surface area contributed by atoms with E-state index in [-0.39, 0.29) is 30.1 Å². The Balaban J connectivity index is 3.07. The van der Waals surface area contributed by atoms with Crippen LogP contribution in [0.3, 0.4) is 0 Å². The lowest BCUT2D eigenvalue weighted by molar-refractivity contribution is 0.373. The maximum atomic E-state index is 12.5. The number of sulfonamides is 1. The molecule has 1 aromatic rings. The lowest BCUT2D eigenvalue weighted by Gasteiger charge is -2.25. The van der Waals surface area contributed by atoms with Crippen LogP contribution in [0.2, 0.25) is 0 Å².